The maximum atomic E-state index is 12.5. The van der Waals surface area contributed by atoms with E-state index >= 15 is 0 Å². The molecule has 1 amide bonds. The molecule has 0 aromatic heterocycles. The van der Waals surface area contributed by atoms with Crippen LogP contribution in [0.2, 0.25) is 0 Å². The molecule has 21 heavy (non-hydrogen) atoms. The zero-order valence-electron chi connectivity index (χ0n) is 12.7. The summed E-state index contributed by atoms with van der Waals surface area (Å²) in [4.78, 5) is 16.5. The second kappa shape index (κ2) is 6.16. The fraction of sp³-hybridized carbons (Fsp3) is 0.588. The van der Waals surface area contributed by atoms with Crippen molar-refractivity contribution in [3.05, 3.63) is 35.4 Å². The largest absolute Gasteiger partial charge is 0.392 e. The van der Waals surface area contributed by atoms with Crippen LogP contribution in [0.5, 0.6) is 0 Å². The first-order valence-corrected chi connectivity index (χ1v) is 7.89. The van der Waals surface area contributed by atoms with Crippen molar-refractivity contribution < 1.29 is 9.90 Å². The van der Waals surface area contributed by atoms with Crippen molar-refractivity contribution in [2.75, 3.05) is 26.7 Å². The normalized spacial score (nSPS) is 25.6. The molecule has 2 aliphatic rings. The summed E-state index contributed by atoms with van der Waals surface area (Å²) in [6, 6.07) is 8.68. The number of benzene rings is 1. The van der Waals surface area contributed by atoms with Crippen LogP contribution < -0.4 is 0 Å². The second-order valence-corrected chi connectivity index (χ2v) is 6.29. The van der Waals surface area contributed by atoms with Crippen LogP contribution in [-0.2, 0) is 11.2 Å². The lowest BCUT2D eigenvalue weighted by molar-refractivity contribution is -0.133. The summed E-state index contributed by atoms with van der Waals surface area (Å²) in [6.07, 6.45) is 3.82. The highest BCUT2D eigenvalue weighted by molar-refractivity contribution is 5.78. The lowest BCUT2D eigenvalue weighted by Crippen LogP contribution is -2.40. The highest BCUT2D eigenvalue weighted by Crippen LogP contribution is 2.33. The van der Waals surface area contributed by atoms with Crippen molar-refractivity contribution in [2.24, 2.45) is 0 Å². The summed E-state index contributed by atoms with van der Waals surface area (Å²) >= 11 is 0. The molecule has 0 spiro atoms. The summed E-state index contributed by atoms with van der Waals surface area (Å²) in [5.74, 6) is 0.158. The Bertz CT molecular complexity index is 517. The molecule has 1 saturated heterocycles. The number of amides is 1. The van der Waals surface area contributed by atoms with E-state index in [1.165, 1.54) is 11.1 Å². The molecule has 1 aliphatic heterocycles. The molecule has 1 aromatic carbocycles. The first-order valence-electron chi connectivity index (χ1n) is 7.89. The molecule has 0 saturated carbocycles. The first-order chi connectivity index (χ1) is 10.1. The van der Waals surface area contributed by atoms with Crippen molar-refractivity contribution in [1.82, 2.24) is 9.80 Å². The molecular formula is C17H24N2O2. The number of carbonyl (C=O) groups is 1. The van der Waals surface area contributed by atoms with E-state index in [-0.39, 0.29) is 18.1 Å². The van der Waals surface area contributed by atoms with E-state index < -0.39 is 0 Å². The molecule has 4 heteroatoms. The van der Waals surface area contributed by atoms with Gasteiger partial charge in [-0.15, -0.1) is 0 Å². The maximum absolute atomic E-state index is 12.5. The molecule has 0 radical (unpaired) electrons. The van der Waals surface area contributed by atoms with Gasteiger partial charge in [-0.1, -0.05) is 24.3 Å². The number of fused-ring (bicyclic) bond motifs is 1. The van der Waals surface area contributed by atoms with Gasteiger partial charge < -0.3 is 10.0 Å². The highest BCUT2D eigenvalue weighted by Gasteiger charge is 2.29. The van der Waals surface area contributed by atoms with E-state index in [0.717, 1.165) is 32.2 Å². The van der Waals surface area contributed by atoms with Crippen LogP contribution in [-0.4, -0.2) is 53.6 Å². The lowest BCUT2D eigenvalue weighted by atomic mass is 9.87. The number of aliphatic hydroxyl groups excluding tert-OH is 1. The minimum atomic E-state index is -0.265. The van der Waals surface area contributed by atoms with Gasteiger partial charge in [-0.25, -0.2) is 0 Å². The number of aryl methyl sites for hydroxylation is 1. The SMILES string of the molecule is CN(C(=O)CN1CC[C@H](O)C1)C1CCCc2ccccc21. The number of rotatable bonds is 3. The van der Waals surface area contributed by atoms with Crippen LogP contribution in [0.25, 0.3) is 0 Å². The summed E-state index contributed by atoms with van der Waals surface area (Å²) < 4.78 is 0. The Kier molecular flexibility index (Phi) is 4.27. The molecule has 3 rings (SSSR count). The standard InChI is InChI=1S/C17H24N2O2/c1-18(17(21)12-19-10-9-14(20)11-19)16-8-4-6-13-5-2-3-7-15(13)16/h2-3,5,7,14,16,20H,4,6,8-12H2,1H3/t14-,16?/m0/s1. The average molecular weight is 288 g/mol. The zero-order valence-corrected chi connectivity index (χ0v) is 12.7. The van der Waals surface area contributed by atoms with Crippen LogP contribution in [0.3, 0.4) is 0 Å². The number of carbonyl (C=O) groups excluding carboxylic acids is 1. The predicted molar refractivity (Wildman–Crippen MR) is 82.0 cm³/mol. The molecule has 114 valence electrons. The van der Waals surface area contributed by atoms with Crippen LogP contribution >= 0.6 is 0 Å². The Morgan fingerprint density at radius 1 is 1.38 bits per heavy atom. The minimum absolute atomic E-state index is 0.158. The van der Waals surface area contributed by atoms with Gasteiger partial charge in [-0.3, -0.25) is 9.69 Å². The Morgan fingerprint density at radius 2 is 2.19 bits per heavy atom. The smallest absolute Gasteiger partial charge is 0.237 e. The van der Waals surface area contributed by atoms with E-state index in [2.05, 4.69) is 29.2 Å². The minimum Gasteiger partial charge on any atom is -0.392 e. The third kappa shape index (κ3) is 3.11. The average Bonchev–Trinajstić information content (AvgIpc) is 2.91. The summed E-state index contributed by atoms with van der Waals surface area (Å²) in [5.41, 5.74) is 2.69. The molecule has 4 nitrogen and oxygen atoms in total. The van der Waals surface area contributed by atoms with Crippen molar-refractivity contribution in [1.29, 1.82) is 0 Å². The number of aliphatic hydroxyl groups is 1. The Labute approximate surface area is 126 Å². The van der Waals surface area contributed by atoms with Gasteiger partial charge in [-0.05, 0) is 36.8 Å². The van der Waals surface area contributed by atoms with E-state index in [1.807, 2.05) is 11.9 Å². The van der Waals surface area contributed by atoms with Gasteiger partial charge >= 0.3 is 0 Å². The Balaban J connectivity index is 1.68. The Hall–Kier alpha value is -1.39. The van der Waals surface area contributed by atoms with Crippen molar-refractivity contribution in [3.63, 3.8) is 0 Å². The van der Waals surface area contributed by atoms with Crippen LogP contribution in [0.1, 0.15) is 36.4 Å². The van der Waals surface area contributed by atoms with Gasteiger partial charge in [0.05, 0.1) is 18.7 Å². The van der Waals surface area contributed by atoms with Gasteiger partial charge in [-0.2, -0.15) is 0 Å². The zero-order chi connectivity index (χ0) is 14.8. The van der Waals surface area contributed by atoms with E-state index in [0.29, 0.717) is 13.1 Å². The third-order valence-electron chi connectivity index (χ3n) is 4.81. The fourth-order valence-electron chi connectivity index (χ4n) is 3.56. The molecule has 1 unspecified atom stereocenters. The molecule has 1 aliphatic carbocycles. The lowest BCUT2D eigenvalue weighted by Gasteiger charge is -2.34. The van der Waals surface area contributed by atoms with Gasteiger partial charge in [0.25, 0.3) is 0 Å². The van der Waals surface area contributed by atoms with Gasteiger partial charge in [0.2, 0.25) is 5.91 Å². The van der Waals surface area contributed by atoms with Crippen LogP contribution in [0.15, 0.2) is 24.3 Å². The van der Waals surface area contributed by atoms with E-state index in [1.54, 1.807) is 0 Å². The van der Waals surface area contributed by atoms with E-state index in [9.17, 15) is 9.90 Å². The number of likely N-dealkylation sites (N-methyl/N-ethyl adjacent to an activating group) is 1. The second-order valence-electron chi connectivity index (χ2n) is 6.29. The molecule has 1 aromatic rings. The molecule has 1 heterocycles. The molecule has 0 bridgehead atoms. The molecule has 1 N–H and O–H groups in total. The number of β-amino-alcohol motifs (C(OH)–C–C–N with tert-alkyl or cyclic N) is 1. The third-order valence-corrected chi connectivity index (χ3v) is 4.81. The summed E-state index contributed by atoms with van der Waals surface area (Å²) in [5, 5.41) is 9.56. The highest BCUT2D eigenvalue weighted by atomic mass is 16.3. The molecule has 2 atom stereocenters. The Morgan fingerprint density at radius 3 is 2.95 bits per heavy atom. The topological polar surface area (TPSA) is 43.8 Å². The summed E-state index contributed by atoms with van der Waals surface area (Å²) in [6.45, 7) is 1.87. The number of nitrogens with zero attached hydrogens (tertiary/aromatic N) is 2. The van der Waals surface area contributed by atoms with Crippen LogP contribution in [0, 0.1) is 0 Å². The summed E-state index contributed by atoms with van der Waals surface area (Å²) in [7, 11) is 1.92. The van der Waals surface area contributed by atoms with Gasteiger partial charge in [0, 0.05) is 20.1 Å². The predicted octanol–water partition coefficient (Wildman–Crippen LogP) is 1.59. The number of likely N-dealkylation sites (tertiary alicyclic amines) is 1. The van der Waals surface area contributed by atoms with Crippen LogP contribution in [0.4, 0.5) is 0 Å². The number of hydrogen-bond donors (Lipinski definition) is 1. The number of hydrogen-bond acceptors (Lipinski definition) is 3. The first kappa shape index (κ1) is 14.5. The van der Waals surface area contributed by atoms with Crippen molar-refractivity contribution in [2.45, 2.75) is 37.8 Å². The van der Waals surface area contributed by atoms with Crippen molar-refractivity contribution in [3.8, 4) is 0 Å². The quantitative estimate of drug-likeness (QED) is 0.918. The maximum Gasteiger partial charge on any atom is 0.237 e. The van der Waals surface area contributed by atoms with Gasteiger partial charge in [0.15, 0.2) is 0 Å². The molecular weight excluding hydrogens is 264 g/mol. The molecule has 1 fully saturated rings. The van der Waals surface area contributed by atoms with Gasteiger partial charge in [0.1, 0.15) is 0 Å². The van der Waals surface area contributed by atoms with E-state index in [4.69, 9.17) is 0 Å². The fourth-order valence-corrected chi connectivity index (χ4v) is 3.56. The monoisotopic (exact) mass is 288 g/mol. The van der Waals surface area contributed by atoms with Crippen molar-refractivity contribution >= 4 is 5.91 Å².